The Kier molecular flexibility index (Phi) is 6.05. The van der Waals surface area contributed by atoms with Crippen molar-refractivity contribution >= 4 is 0 Å². The highest BCUT2D eigenvalue weighted by Gasteiger charge is 2.31. The third-order valence-corrected chi connectivity index (χ3v) is 4.38. The maximum atomic E-state index is 5.65. The van der Waals surface area contributed by atoms with Crippen molar-refractivity contribution in [1.29, 1.82) is 0 Å². The largest absolute Gasteiger partial charge is 0.378 e. The van der Waals surface area contributed by atoms with Crippen LogP contribution in [0.5, 0.6) is 0 Å². The van der Waals surface area contributed by atoms with Gasteiger partial charge in [0.05, 0.1) is 6.10 Å². The Balaban J connectivity index is 1.72. The molecule has 1 aromatic rings. The quantitative estimate of drug-likeness (QED) is 0.755. The van der Waals surface area contributed by atoms with E-state index in [0.717, 1.165) is 25.5 Å². The van der Waals surface area contributed by atoms with Gasteiger partial charge < -0.3 is 10.1 Å². The predicted octanol–water partition coefficient (Wildman–Crippen LogP) is 2.54. The molecule has 4 nitrogen and oxygen atoms in total. The molecule has 1 aliphatic carbocycles. The lowest BCUT2D eigenvalue weighted by Gasteiger charge is -2.37. The number of nitrogens with zero attached hydrogens (tertiary/aromatic N) is 2. The van der Waals surface area contributed by atoms with Gasteiger partial charge in [-0.25, -0.2) is 0 Å². The van der Waals surface area contributed by atoms with E-state index in [2.05, 4.69) is 30.3 Å². The maximum Gasteiger partial charge on any atom is 0.0580 e. The number of aryl methyl sites for hydroxylation is 2. The Morgan fingerprint density at radius 1 is 1.45 bits per heavy atom. The van der Waals surface area contributed by atoms with E-state index in [1.165, 1.54) is 31.4 Å². The third kappa shape index (κ3) is 4.32. The van der Waals surface area contributed by atoms with Crippen molar-refractivity contribution in [3.05, 3.63) is 18.0 Å². The van der Waals surface area contributed by atoms with Gasteiger partial charge in [-0.05, 0) is 57.6 Å². The summed E-state index contributed by atoms with van der Waals surface area (Å²) in [4.78, 5) is 0. The normalized spacial score (nSPS) is 23.6. The minimum atomic E-state index is 0.532. The molecule has 0 saturated heterocycles. The van der Waals surface area contributed by atoms with Gasteiger partial charge in [-0.1, -0.05) is 6.92 Å². The van der Waals surface area contributed by atoms with Crippen LogP contribution in [0.15, 0.2) is 12.3 Å². The fourth-order valence-corrected chi connectivity index (χ4v) is 3.20. The van der Waals surface area contributed by atoms with Crippen LogP contribution in [-0.2, 0) is 18.2 Å². The molecule has 1 aliphatic rings. The predicted molar refractivity (Wildman–Crippen MR) is 81.7 cm³/mol. The van der Waals surface area contributed by atoms with Gasteiger partial charge in [0.25, 0.3) is 0 Å². The number of rotatable bonds is 9. The maximum absolute atomic E-state index is 5.65. The van der Waals surface area contributed by atoms with Crippen LogP contribution in [0.25, 0.3) is 0 Å². The minimum absolute atomic E-state index is 0.532. The minimum Gasteiger partial charge on any atom is -0.378 e. The molecule has 2 rings (SSSR count). The van der Waals surface area contributed by atoms with Crippen molar-refractivity contribution in [1.82, 2.24) is 15.1 Å². The number of ether oxygens (including phenoxy) is 1. The number of nitrogens with one attached hydrogen (secondary N) is 1. The van der Waals surface area contributed by atoms with Crippen LogP contribution in [0.2, 0.25) is 0 Å². The first-order chi connectivity index (χ1) is 9.72. The summed E-state index contributed by atoms with van der Waals surface area (Å²) in [5.41, 5.74) is 1.33. The van der Waals surface area contributed by atoms with Crippen LogP contribution in [0, 0.1) is 5.92 Å². The molecule has 0 amide bonds. The van der Waals surface area contributed by atoms with E-state index >= 15 is 0 Å². The molecule has 1 unspecified atom stereocenters. The number of hydrogen-bond donors (Lipinski definition) is 1. The summed E-state index contributed by atoms with van der Waals surface area (Å²) >= 11 is 0. The monoisotopic (exact) mass is 279 g/mol. The van der Waals surface area contributed by atoms with Gasteiger partial charge in [0, 0.05) is 31.6 Å². The summed E-state index contributed by atoms with van der Waals surface area (Å²) in [6, 6.07) is 2.75. The summed E-state index contributed by atoms with van der Waals surface area (Å²) in [6.07, 6.45) is 8.51. The number of hydrogen-bond acceptors (Lipinski definition) is 3. The van der Waals surface area contributed by atoms with Crippen LogP contribution in [0.3, 0.4) is 0 Å². The van der Waals surface area contributed by atoms with E-state index in [-0.39, 0.29) is 0 Å². The lowest BCUT2D eigenvalue weighted by molar-refractivity contribution is -0.0292. The third-order valence-electron chi connectivity index (χ3n) is 4.38. The smallest absolute Gasteiger partial charge is 0.0580 e. The average molecular weight is 279 g/mol. The molecule has 1 heterocycles. The Morgan fingerprint density at radius 3 is 2.85 bits per heavy atom. The number of aromatic nitrogens is 2. The second kappa shape index (κ2) is 7.79. The molecule has 114 valence electrons. The van der Waals surface area contributed by atoms with Crippen LogP contribution in [0.1, 0.15) is 45.2 Å². The van der Waals surface area contributed by atoms with Gasteiger partial charge in [-0.3, -0.25) is 4.68 Å². The average Bonchev–Trinajstić information content (AvgIpc) is 2.79. The van der Waals surface area contributed by atoms with Crippen LogP contribution in [0.4, 0.5) is 0 Å². The molecule has 1 fully saturated rings. The van der Waals surface area contributed by atoms with Crippen LogP contribution in [-0.4, -0.2) is 35.1 Å². The zero-order valence-corrected chi connectivity index (χ0v) is 13.1. The zero-order chi connectivity index (χ0) is 14.4. The van der Waals surface area contributed by atoms with Gasteiger partial charge >= 0.3 is 0 Å². The molecule has 0 spiro atoms. The molecular weight excluding hydrogens is 250 g/mol. The van der Waals surface area contributed by atoms with Gasteiger partial charge in [-0.15, -0.1) is 0 Å². The van der Waals surface area contributed by atoms with E-state index in [4.69, 9.17) is 4.74 Å². The SMILES string of the molecule is CCNC(CCc1ccnn1C)CC1CC(OCC)C1. The van der Waals surface area contributed by atoms with E-state index in [9.17, 15) is 0 Å². The van der Waals surface area contributed by atoms with E-state index in [1.54, 1.807) is 0 Å². The molecule has 1 N–H and O–H groups in total. The topological polar surface area (TPSA) is 39.1 Å². The first-order valence-corrected chi connectivity index (χ1v) is 8.04. The molecule has 4 heteroatoms. The van der Waals surface area contributed by atoms with E-state index in [0.29, 0.717) is 12.1 Å². The summed E-state index contributed by atoms with van der Waals surface area (Å²) < 4.78 is 7.64. The van der Waals surface area contributed by atoms with Crippen molar-refractivity contribution in [2.24, 2.45) is 13.0 Å². The molecule has 0 bridgehead atoms. The standard InChI is InChI=1S/C16H29N3O/c1-4-17-14(6-7-15-8-9-18-19(15)3)10-13-11-16(12-13)20-5-2/h8-9,13-14,16-17H,4-7,10-12H2,1-3H3. The van der Waals surface area contributed by atoms with Crippen LogP contribution < -0.4 is 5.32 Å². The lowest BCUT2D eigenvalue weighted by Crippen LogP contribution is -2.38. The summed E-state index contributed by atoms with van der Waals surface area (Å²) in [5, 5.41) is 7.88. The van der Waals surface area contributed by atoms with Gasteiger partial charge in [0.1, 0.15) is 0 Å². The fraction of sp³-hybridized carbons (Fsp3) is 0.812. The van der Waals surface area contributed by atoms with Crippen molar-refractivity contribution < 1.29 is 4.74 Å². The highest BCUT2D eigenvalue weighted by atomic mass is 16.5. The van der Waals surface area contributed by atoms with E-state index in [1.807, 2.05) is 17.9 Å². The summed E-state index contributed by atoms with van der Waals surface area (Å²) in [7, 11) is 2.02. The van der Waals surface area contributed by atoms with Crippen molar-refractivity contribution in [3.8, 4) is 0 Å². The highest BCUT2D eigenvalue weighted by Crippen LogP contribution is 2.34. The Bertz CT molecular complexity index is 385. The molecular formula is C16H29N3O. The molecule has 1 aromatic heterocycles. The Hall–Kier alpha value is -0.870. The molecule has 20 heavy (non-hydrogen) atoms. The molecule has 0 aliphatic heterocycles. The van der Waals surface area contributed by atoms with Crippen molar-refractivity contribution in [3.63, 3.8) is 0 Å². The van der Waals surface area contributed by atoms with Gasteiger partial charge in [0.15, 0.2) is 0 Å². The lowest BCUT2D eigenvalue weighted by atomic mass is 9.77. The van der Waals surface area contributed by atoms with Gasteiger partial charge in [-0.2, -0.15) is 5.10 Å². The highest BCUT2D eigenvalue weighted by molar-refractivity contribution is 5.00. The Morgan fingerprint density at radius 2 is 2.25 bits per heavy atom. The molecule has 0 aromatic carbocycles. The Labute approximate surface area is 122 Å². The fourth-order valence-electron chi connectivity index (χ4n) is 3.20. The molecule has 1 atom stereocenters. The van der Waals surface area contributed by atoms with Gasteiger partial charge in [0.2, 0.25) is 0 Å². The summed E-state index contributed by atoms with van der Waals surface area (Å²) in [5.74, 6) is 0.849. The first kappa shape index (κ1) is 15.5. The molecule has 1 saturated carbocycles. The second-order valence-corrected chi connectivity index (χ2v) is 5.89. The van der Waals surface area contributed by atoms with Crippen molar-refractivity contribution in [2.45, 2.75) is 58.1 Å². The van der Waals surface area contributed by atoms with Crippen molar-refractivity contribution in [2.75, 3.05) is 13.2 Å². The van der Waals surface area contributed by atoms with E-state index < -0.39 is 0 Å². The summed E-state index contributed by atoms with van der Waals surface area (Å²) in [6.45, 7) is 6.19. The van der Waals surface area contributed by atoms with Crippen LogP contribution >= 0.6 is 0 Å². The second-order valence-electron chi connectivity index (χ2n) is 5.89. The zero-order valence-electron chi connectivity index (χ0n) is 13.1. The molecule has 0 radical (unpaired) electrons. The first-order valence-electron chi connectivity index (χ1n) is 8.04.